The second-order valence-corrected chi connectivity index (χ2v) is 7.41. The van der Waals surface area contributed by atoms with Crippen molar-refractivity contribution in [3.8, 4) is 5.75 Å². The van der Waals surface area contributed by atoms with Crippen LogP contribution in [0.1, 0.15) is 5.56 Å². The van der Waals surface area contributed by atoms with Gasteiger partial charge in [-0.2, -0.15) is 0 Å². The number of nitrogens with one attached hydrogen (secondary N) is 1. The number of hydrogen-bond acceptors (Lipinski definition) is 4. The quantitative estimate of drug-likeness (QED) is 0.448. The number of carbonyl (C=O) groups excluding carboxylic acids is 2. The van der Waals surface area contributed by atoms with Crippen LogP contribution in [-0.2, 0) is 9.59 Å². The zero-order valence-electron chi connectivity index (χ0n) is 17.4. The van der Waals surface area contributed by atoms with Gasteiger partial charge in [-0.3, -0.25) is 9.59 Å². The van der Waals surface area contributed by atoms with Crippen LogP contribution in [0.3, 0.4) is 0 Å². The molecule has 1 aliphatic rings. The summed E-state index contributed by atoms with van der Waals surface area (Å²) in [6, 6.07) is 29.8. The van der Waals surface area contributed by atoms with Gasteiger partial charge in [0, 0.05) is 11.1 Å². The molecule has 2 amide bonds. The van der Waals surface area contributed by atoms with Gasteiger partial charge in [0.05, 0.1) is 18.4 Å². The molecule has 0 fully saturated rings. The molecule has 5 heteroatoms. The third-order valence-corrected chi connectivity index (χ3v) is 5.51. The van der Waals surface area contributed by atoms with Crippen molar-refractivity contribution in [2.45, 2.75) is 0 Å². The number of amides is 2. The van der Waals surface area contributed by atoms with Gasteiger partial charge < -0.3 is 10.1 Å². The molecule has 156 valence electrons. The minimum atomic E-state index is -0.388. The molecule has 0 aromatic heterocycles. The highest BCUT2D eigenvalue weighted by Gasteiger charge is 2.40. The van der Waals surface area contributed by atoms with E-state index in [4.69, 9.17) is 4.74 Å². The van der Waals surface area contributed by atoms with Crippen molar-refractivity contribution in [1.29, 1.82) is 0 Å². The van der Waals surface area contributed by atoms with Gasteiger partial charge in [-0.15, -0.1) is 0 Å². The number of rotatable bonds is 5. The number of nitrogens with zero attached hydrogens (tertiary/aromatic N) is 1. The first-order valence-corrected chi connectivity index (χ1v) is 10.2. The van der Waals surface area contributed by atoms with Crippen LogP contribution in [0, 0.1) is 0 Å². The second-order valence-electron chi connectivity index (χ2n) is 7.41. The highest BCUT2D eigenvalue weighted by atomic mass is 16.5. The highest BCUT2D eigenvalue weighted by molar-refractivity contribution is 6.47. The summed E-state index contributed by atoms with van der Waals surface area (Å²) in [7, 11) is 1.59. The Bertz CT molecular complexity index is 1350. The predicted octanol–water partition coefficient (Wildman–Crippen LogP) is 5.25. The lowest BCUT2D eigenvalue weighted by molar-refractivity contribution is -0.120. The number of imide groups is 1. The minimum Gasteiger partial charge on any atom is -0.497 e. The van der Waals surface area contributed by atoms with Crippen molar-refractivity contribution < 1.29 is 14.3 Å². The van der Waals surface area contributed by atoms with Crippen LogP contribution in [0.15, 0.2) is 103 Å². The topological polar surface area (TPSA) is 58.6 Å². The van der Waals surface area contributed by atoms with Crippen LogP contribution >= 0.6 is 0 Å². The first kappa shape index (κ1) is 19.6. The number of ether oxygens (including phenoxy) is 1. The molecule has 0 aliphatic carbocycles. The molecule has 5 nitrogen and oxygen atoms in total. The van der Waals surface area contributed by atoms with Crippen molar-refractivity contribution in [3.05, 3.63) is 108 Å². The van der Waals surface area contributed by atoms with E-state index in [1.54, 1.807) is 37.4 Å². The molecule has 0 unspecified atom stereocenters. The third-order valence-electron chi connectivity index (χ3n) is 5.51. The van der Waals surface area contributed by atoms with Crippen molar-refractivity contribution in [3.63, 3.8) is 0 Å². The fraction of sp³-hybridized carbons (Fsp3) is 0.0370. The average Bonchev–Trinajstić information content (AvgIpc) is 3.08. The van der Waals surface area contributed by atoms with Gasteiger partial charge in [0.25, 0.3) is 11.8 Å². The van der Waals surface area contributed by atoms with Crippen molar-refractivity contribution in [2.24, 2.45) is 0 Å². The summed E-state index contributed by atoms with van der Waals surface area (Å²) >= 11 is 0. The Balaban J connectivity index is 1.65. The van der Waals surface area contributed by atoms with E-state index >= 15 is 0 Å². The summed E-state index contributed by atoms with van der Waals surface area (Å²) in [5.74, 6) is -0.0782. The number of methoxy groups -OCH3 is 1. The van der Waals surface area contributed by atoms with Crippen LogP contribution in [0.4, 0.5) is 11.4 Å². The minimum absolute atomic E-state index is 0.249. The average molecular weight is 420 g/mol. The van der Waals surface area contributed by atoms with E-state index in [1.165, 1.54) is 4.90 Å². The number of benzene rings is 4. The lowest BCUT2D eigenvalue weighted by Gasteiger charge is -2.18. The largest absolute Gasteiger partial charge is 0.497 e. The van der Waals surface area contributed by atoms with Crippen molar-refractivity contribution in [1.82, 2.24) is 0 Å². The zero-order chi connectivity index (χ0) is 22.1. The summed E-state index contributed by atoms with van der Waals surface area (Å²) in [5, 5.41) is 4.98. The normalized spacial score (nSPS) is 13.7. The van der Waals surface area contributed by atoms with E-state index in [-0.39, 0.29) is 17.5 Å². The van der Waals surface area contributed by atoms with E-state index in [0.717, 1.165) is 16.5 Å². The Hall–Kier alpha value is -4.38. The maximum absolute atomic E-state index is 13.7. The summed E-state index contributed by atoms with van der Waals surface area (Å²) in [5.41, 5.74) is 2.52. The molecule has 0 bridgehead atoms. The summed E-state index contributed by atoms with van der Waals surface area (Å²) < 4.78 is 5.25. The predicted molar refractivity (Wildman–Crippen MR) is 126 cm³/mol. The number of carbonyl (C=O) groups is 2. The van der Waals surface area contributed by atoms with Crippen LogP contribution in [0.5, 0.6) is 5.75 Å². The molecule has 0 saturated heterocycles. The molecule has 0 spiro atoms. The lowest BCUT2D eigenvalue weighted by Crippen LogP contribution is -2.32. The number of para-hydroxylation sites is 1. The Kier molecular flexibility index (Phi) is 4.92. The molecule has 0 saturated carbocycles. The molecular weight excluding hydrogens is 400 g/mol. The Labute approximate surface area is 185 Å². The second kappa shape index (κ2) is 8.04. The maximum atomic E-state index is 13.7. The molecule has 1 aliphatic heterocycles. The Morgan fingerprint density at radius 2 is 1.41 bits per heavy atom. The first-order chi connectivity index (χ1) is 15.7. The SMILES string of the molecule is COc1ccc(C2=C(Nc3ccccc3)C(=O)N(c3cccc4ccccc34)C2=O)cc1. The molecule has 32 heavy (non-hydrogen) atoms. The van der Waals surface area contributed by atoms with Gasteiger partial charge in [-0.25, -0.2) is 4.90 Å². The highest BCUT2D eigenvalue weighted by Crippen LogP contribution is 2.37. The molecule has 4 aromatic rings. The molecular formula is C27H20N2O3. The van der Waals surface area contributed by atoms with E-state index in [1.807, 2.05) is 66.7 Å². The van der Waals surface area contributed by atoms with E-state index < -0.39 is 0 Å². The number of anilines is 2. The number of fused-ring (bicyclic) bond motifs is 1. The van der Waals surface area contributed by atoms with Gasteiger partial charge in [-0.05, 0) is 41.3 Å². The first-order valence-electron chi connectivity index (χ1n) is 10.2. The van der Waals surface area contributed by atoms with Crippen LogP contribution < -0.4 is 15.0 Å². The van der Waals surface area contributed by atoms with Gasteiger partial charge in [-0.1, -0.05) is 66.7 Å². The third kappa shape index (κ3) is 3.30. The van der Waals surface area contributed by atoms with E-state index in [2.05, 4.69) is 5.32 Å². The molecule has 5 rings (SSSR count). The van der Waals surface area contributed by atoms with Crippen LogP contribution in [-0.4, -0.2) is 18.9 Å². The zero-order valence-corrected chi connectivity index (χ0v) is 17.4. The Morgan fingerprint density at radius 3 is 2.16 bits per heavy atom. The van der Waals surface area contributed by atoms with Gasteiger partial charge in [0.1, 0.15) is 11.4 Å². The molecule has 0 atom stereocenters. The van der Waals surface area contributed by atoms with Gasteiger partial charge in [0.15, 0.2) is 0 Å². The molecule has 4 aromatic carbocycles. The summed E-state index contributed by atoms with van der Waals surface area (Å²) in [6.45, 7) is 0. The van der Waals surface area contributed by atoms with E-state index in [0.29, 0.717) is 22.6 Å². The van der Waals surface area contributed by atoms with Crippen molar-refractivity contribution in [2.75, 3.05) is 17.3 Å². The van der Waals surface area contributed by atoms with Crippen LogP contribution in [0.2, 0.25) is 0 Å². The lowest BCUT2D eigenvalue weighted by atomic mass is 10.0. The van der Waals surface area contributed by atoms with Crippen LogP contribution in [0.25, 0.3) is 16.3 Å². The smallest absolute Gasteiger partial charge is 0.282 e. The van der Waals surface area contributed by atoms with Crippen molar-refractivity contribution >= 4 is 39.5 Å². The Morgan fingerprint density at radius 1 is 0.719 bits per heavy atom. The maximum Gasteiger partial charge on any atom is 0.282 e. The fourth-order valence-corrected chi connectivity index (χ4v) is 3.96. The molecule has 1 heterocycles. The standard InChI is InChI=1S/C27H20N2O3/c1-32-21-16-14-19(15-17-21)24-25(28-20-10-3-2-4-11-20)27(31)29(26(24)30)23-13-7-9-18-8-5-6-12-22(18)23/h2-17,28H,1H3. The molecule has 1 N–H and O–H groups in total. The summed E-state index contributed by atoms with van der Waals surface area (Å²) in [6.07, 6.45) is 0. The monoisotopic (exact) mass is 420 g/mol. The number of hydrogen-bond donors (Lipinski definition) is 1. The molecule has 0 radical (unpaired) electrons. The fourth-order valence-electron chi connectivity index (χ4n) is 3.96. The summed E-state index contributed by atoms with van der Waals surface area (Å²) in [4.78, 5) is 28.6. The van der Waals surface area contributed by atoms with Gasteiger partial charge >= 0.3 is 0 Å². The van der Waals surface area contributed by atoms with Gasteiger partial charge in [0.2, 0.25) is 0 Å². The van der Waals surface area contributed by atoms with E-state index in [9.17, 15) is 9.59 Å².